The molecule has 0 unspecified atom stereocenters. The standard InChI is InChI=1S/C16H13IO3S/c1-21(19,20)16(14(17)12-8-4-2-5-9-12)15(18)13-10-6-3-7-11-13/h2-11H,1H3/b16-14+. The van der Waals surface area contributed by atoms with Crippen LogP contribution in [0.5, 0.6) is 0 Å². The summed E-state index contributed by atoms with van der Waals surface area (Å²) in [5.74, 6) is -0.480. The Kier molecular flexibility index (Phi) is 4.95. The van der Waals surface area contributed by atoms with E-state index in [2.05, 4.69) is 0 Å². The molecule has 0 N–H and O–H groups in total. The first-order chi connectivity index (χ1) is 9.91. The smallest absolute Gasteiger partial charge is 0.205 e. The summed E-state index contributed by atoms with van der Waals surface area (Å²) in [6.07, 6.45) is 1.06. The Labute approximate surface area is 137 Å². The zero-order chi connectivity index (χ0) is 15.5. The Bertz CT molecular complexity index is 779. The molecule has 0 saturated carbocycles. The van der Waals surface area contributed by atoms with Crippen LogP contribution in [0.4, 0.5) is 0 Å². The lowest BCUT2D eigenvalue weighted by atomic mass is 10.1. The fourth-order valence-electron chi connectivity index (χ4n) is 1.87. The number of benzene rings is 2. The van der Waals surface area contributed by atoms with Crippen molar-refractivity contribution in [2.75, 3.05) is 6.26 Å². The Morgan fingerprint density at radius 2 is 1.29 bits per heavy atom. The molecular formula is C16H13IO3S. The average Bonchev–Trinajstić information content (AvgIpc) is 2.47. The summed E-state index contributed by atoms with van der Waals surface area (Å²) in [6.45, 7) is 0. The summed E-state index contributed by atoms with van der Waals surface area (Å²) >= 11 is 1.92. The molecule has 0 aliphatic rings. The predicted molar refractivity (Wildman–Crippen MR) is 93.0 cm³/mol. The molecule has 108 valence electrons. The maximum absolute atomic E-state index is 12.6. The summed E-state index contributed by atoms with van der Waals surface area (Å²) in [5.41, 5.74) is 1.07. The van der Waals surface area contributed by atoms with Gasteiger partial charge < -0.3 is 0 Å². The number of halogens is 1. The first-order valence-corrected chi connectivity index (χ1v) is 9.13. The minimum absolute atomic E-state index is 0.166. The molecular weight excluding hydrogens is 399 g/mol. The third-order valence-corrected chi connectivity index (χ3v) is 5.50. The van der Waals surface area contributed by atoms with Gasteiger partial charge in [-0.2, -0.15) is 0 Å². The van der Waals surface area contributed by atoms with Gasteiger partial charge >= 0.3 is 0 Å². The van der Waals surface area contributed by atoms with Gasteiger partial charge in [0.25, 0.3) is 0 Å². The normalized spacial score (nSPS) is 12.7. The highest BCUT2D eigenvalue weighted by Crippen LogP contribution is 2.30. The molecule has 0 atom stereocenters. The van der Waals surface area contributed by atoms with Crippen LogP contribution in [0.25, 0.3) is 3.58 Å². The van der Waals surface area contributed by atoms with Crippen molar-refractivity contribution in [3.05, 3.63) is 76.7 Å². The van der Waals surface area contributed by atoms with Gasteiger partial charge in [0.2, 0.25) is 5.78 Å². The number of carbonyl (C=O) groups excluding carboxylic acids is 1. The second-order valence-corrected chi connectivity index (χ2v) is 7.51. The fraction of sp³-hybridized carbons (Fsp3) is 0.0625. The van der Waals surface area contributed by atoms with E-state index in [1.165, 1.54) is 0 Å². The minimum atomic E-state index is -3.64. The SMILES string of the molecule is CS(=O)(=O)/C(C(=O)c1ccccc1)=C(/I)c1ccccc1. The highest BCUT2D eigenvalue weighted by atomic mass is 127. The van der Waals surface area contributed by atoms with Crippen molar-refractivity contribution in [2.24, 2.45) is 0 Å². The third kappa shape index (κ3) is 3.79. The molecule has 2 aromatic rings. The summed E-state index contributed by atoms with van der Waals surface area (Å²) in [6, 6.07) is 17.4. The van der Waals surface area contributed by atoms with Gasteiger partial charge in [-0.3, -0.25) is 4.79 Å². The Balaban J connectivity index is 2.64. The summed E-state index contributed by atoms with van der Waals surface area (Å²) in [5, 5.41) is 0. The van der Waals surface area contributed by atoms with Crippen LogP contribution in [-0.2, 0) is 9.84 Å². The Morgan fingerprint density at radius 3 is 1.71 bits per heavy atom. The van der Waals surface area contributed by atoms with Crippen molar-refractivity contribution in [3.63, 3.8) is 0 Å². The highest BCUT2D eigenvalue weighted by molar-refractivity contribution is 14.1. The first kappa shape index (κ1) is 15.9. The number of allylic oxidation sites excluding steroid dienone is 1. The van der Waals surface area contributed by atoms with Gasteiger partial charge in [-0.25, -0.2) is 8.42 Å². The van der Waals surface area contributed by atoms with Crippen molar-refractivity contribution >= 4 is 41.8 Å². The molecule has 0 heterocycles. The molecule has 0 bridgehead atoms. The van der Waals surface area contributed by atoms with Gasteiger partial charge in [-0.05, 0) is 28.2 Å². The van der Waals surface area contributed by atoms with Crippen LogP contribution < -0.4 is 0 Å². The average molecular weight is 412 g/mol. The van der Waals surface area contributed by atoms with Crippen LogP contribution in [0.2, 0.25) is 0 Å². The molecule has 0 aromatic heterocycles. The van der Waals surface area contributed by atoms with Crippen molar-refractivity contribution < 1.29 is 13.2 Å². The molecule has 0 aliphatic heterocycles. The molecule has 0 aliphatic carbocycles. The van der Waals surface area contributed by atoms with Crippen molar-refractivity contribution in [3.8, 4) is 0 Å². The van der Waals surface area contributed by atoms with Gasteiger partial charge in [-0.15, -0.1) is 0 Å². The van der Waals surface area contributed by atoms with E-state index in [1.54, 1.807) is 54.6 Å². The number of carbonyl (C=O) groups is 1. The van der Waals surface area contributed by atoms with Crippen LogP contribution in [0, 0.1) is 0 Å². The lowest BCUT2D eigenvalue weighted by molar-refractivity contribution is 0.104. The molecule has 0 amide bonds. The lowest BCUT2D eigenvalue weighted by Crippen LogP contribution is -2.13. The number of ketones is 1. The van der Waals surface area contributed by atoms with Crippen molar-refractivity contribution in [2.45, 2.75) is 0 Å². The summed E-state index contributed by atoms with van der Waals surface area (Å²) < 4.78 is 24.6. The summed E-state index contributed by atoms with van der Waals surface area (Å²) in [7, 11) is -3.64. The molecule has 2 rings (SSSR count). The Morgan fingerprint density at radius 1 is 0.857 bits per heavy atom. The molecule has 3 nitrogen and oxygen atoms in total. The summed E-state index contributed by atoms with van der Waals surface area (Å²) in [4.78, 5) is 12.4. The first-order valence-electron chi connectivity index (χ1n) is 6.16. The quantitative estimate of drug-likeness (QED) is 0.437. The molecule has 0 fully saturated rings. The minimum Gasteiger partial charge on any atom is -0.288 e. The molecule has 0 saturated heterocycles. The van der Waals surface area contributed by atoms with Crippen LogP contribution in [0.15, 0.2) is 65.6 Å². The van der Waals surface area contributed by atoms with Gasteiger partial charge in [0.1, 0.15) is 4.91 Å². The van der Waals surface area contributed by atoms with E-state index in [9.17, 15) is 13.2 Å². The van der Waals surface area contributed by atoms with Crippen molar-refractivity contribution in [1.82, 2.24) is 0 Å². The van der Waals surface area contributed by atoms with Gasteiger partial charge in [0.15, 0.2) is 9.84 Å². The second-order valence-electron chi connectivity index (χ2n) is 4.48. The Hall–Kier alpha value is -1.47. The van der Waals surface area contributed by atoms with E-state index in [0.29, 0.717) is 14.7 Å². The topological polar surface area (TPSA) is 51.2 Å². The number of hydrogen-bond donors (Lipinski definition) is 0. The van der Waals surface area contributed by atoms with E-state index in [0.717, 1.165) is 6.26 Å². The van der Waals surface area contributed by atoms with E-state index >= 15 is 0 Å². The van der Waals surface area contributed by atoms with Gasteiger partial charge in [0, 0.05) is 15.4 Å². The maximum Gasteiger partial charge on any atom is 0.205 e. The monoisotopic (exact) mass is 412 g/mol. The maximum atomic E-state index is 12.6. The third-order valence-electron chi connectivity index (χ3n) is 2.84. The van der Waals surface area contributed by atoms with E-state index in [4.69, 9.17) is 0 Å². The number of Topliss-reactive ketones (excluding diaryl/α,β-unsaturated/α-hetero) is 1. The zero-order valence-corrected chi connectivity index (χ0v) is 14.3. The van der Waals surface area contributed by atoms with Crippen LogP contribution in [0.1, 0.15) is 15.9 Å². The molecule has 0 spiro atoms. The van der Waals surface area contributed by atoms with E-state index in [1.807, 2.05) is 28.7 Å². The lowest BCUT2D eigenvalue weighted by Gasteiger charge is -2.09. The number of hydrogen-bond acceptors (Lipinski definition) is 3. The largest absolute Gasteiger partial charge is 0.288 e. The molecule has 2 aromatic carbocycles. The van der Waals surface area contributed by atoms with Gasteiger partial charge in [0.05, 0.1) is 0 Å². The van der Waals surface area contributed by atoms with Crippen molar-refractivity contribution in [1.29, 1.82) is 0 Å². The van der Waals surface area contributed by atoms with Crippen LogP contribution >= 0.6 is 22.6 Å². The highest BCUT2D eigenvalue weighted by Gasteiger charge is 2.25. The molecule has 5 heteroatoms. The van der Waals surface area contributed by atoms with Crippen LogP contribution in [0.3, 0.4) is 0 Å². The molecule has 0 radical (unpaired) electrons. The predicted octanol–water partition coefficient (Wildman–Crippen LogP) is 3.72. The fourth-order valence-corrected chi connectivity index (χ4v) is 4.57. The van der Waals surface area contributed by atoms with Gasteiger partial charge in [-0.1, -0.05) is 60.7 Å². The van der Waals surface area contributed by atoms with E-state index in [-0.39, 0.29) is 4.91 Å². The number of sulfone groups is 1. The second kappa shape index (κ2) is 6.53. The van der Waals surface area contributed by atoms with Crippen LogP contribution in [-0.4, -0.2) is 20.5 Å². The zero-order valence-electron chi connectivity index (χ0n) is 11.3. The molecule has 21 heavy (non-hydrogen) atoms. The number of rotatable bonds is 4. The van der Waals surface area contributed by atoms with E-state index < -0.39 is 15.6 Å².